The molecule has 0 unspecified atom stereocenters. The van der Waals surface area contributed by atoms with Crippen LogP contribution in [0, 0.1) is 0 Å². The zero-order valence-corrected chi connectivity index (χ0v) is 14.3. The van der Waals surface area contributed by atoms with E-state index in [1.54, 1.807) is 4.80 Å². The summed E-state index contributed by atoms with van der Waals surface area (Å²) in [5, 5.41) is 11.7. The van der Waals surface area contributed by atoms with Crippen LogP contribution in [0.1, 0.15) is 0 Å². The first-order valence-corrected chi connectivity index (χ1v) is 8.55. The lowest BCUT2D eigenvalue weighted by Gasteiger charge is -2.06. The predicted molar refractivity (Wildman–Crippen MR) is 100 cm³/mol. The van der Waals surface area contributed by atoms with E-state index in [0.717, 1.165) is 15.5 Å². The Balaban J connectivity index is 1.75. The summed E-state index contributed by atoms with van der Waals surface area (Å²) in [6.07, 6.45) is 0. The average Bonchev–Trinajstić information content (AvgIpc) is 3.15. The molecule has 0 N–H and O–H groups in total. The first kappa shape index (κ1) is 13.7. The Morgan fingerprint density at radius 3 is 2.21 bits per heavy atom. The van der Waals surface area contributed by atoms with Gasteiger partial charge in [-0.3, -0.25) is 0 Å². The molecule has 0 saturated heterocycles. The van der Waals surface area contributed by atoms with Crippen LogP contribution in [0.4, 0.5) is 0 Å². The molecule has 5 heteroatoms. The maximum absolute atomic E-state index is 4.59. The van der Waals surface area contributed by atoms with Crippen molar-refractivity contribution >= 4 is 48.8 Å². The summed E-state index contributed by atoms with van der Waals surface area (Å²) >= 11 is 3.58. The van der Waals surface area contributed by atoms with Gasteiger partial charge in [-0.2, -0.15) is 15.0 Å². The quantitative estimate of drug-likeness (QED) is 0.443. The van der Waals surface area contributed by atoms with Crippen LogP contribution in [-0.2, 0) is 6.67 Å². The zero-order chi connectivity index (χ0) is 16.1. The average molecular weight is 377 g/mol. The molecule has 0 aliphatic rings. The molecule has 0 fully saturated rings. The van der Waals surface area contributed by atoms with Gasteiger partial charge < -0.3 is 4.57 Å². The van der Waals surface area contributed by atoms with Crippen LogP contribution in [-0.4, -0.2) is 19.6 Å². The van der Waals surface area contributed by atoms with E-state index in [-0.39, 0.29) is 0 Å². The van der Waals surface area contributed by atoms with Crippen molar-refractivity contribution < 1.29 is 0 Å². The summed E-state index contributed by atoms with van der Waals surface area (Å²) in [6.45, 7) is 0.584. The molecule has 0 aliphatic heterocycles. The van der Waals surface area contributed by atoms with Gasteiger partial charge in [0.05, 0.1) is 11.0 Å². The van der Waals surface area contributed by atoms with Gasteiger partial charge in [-0.15, -0.1) is 0 Å². The van der Waals surface area contributed by atoms with Crippen LogP contribution in [0.5, 0.6) is 0 Å². The maximum atomic E-state index is 4.59. The molecule has 116 valence electrons. The highest BCUT2D eigenvalue weighted by atomic mass is 79.9. The zero-order valence-electron chi connectivity index (χ0n) is 12.7. The van der Waals surface area contributed by atoms with Gasteiger partial charge in [0.1, 0.15) is 17.7 Å². The Morgan fingerprint density at radius 2 is 1.42 bits per heavy atom. The summed E-state index contributed by atoms with van der Waals surface area (Å²) in [6, 6.07) is 22.8. The third-order valence-electron chi connectivity index (χ3n) is 4.33. The summed E-state index contributed by atoms with van der Waals surface area (Å²) in [7, 11) is 0. The highest BCUT2D eigenvalue weighted by Gasteiger charge is 2.12. The molecule has 5 rings (SSSR count). The predicted octanol–water partition coefficient (Wildman–Crippen LogP) is 4.81. The van der Waals surface area contributed by atoms with Crippen molar-refractivity contribution in [2.45, 2.75) is 6.67 Å². The van der Waals surface area contributed by atoms with Crippen LogP contribution < -0.4 is 0 Å². The number of fused-ring (bicyclic) bond motifs is 4. The van der Waals surface area contributed by atoms with Crippen molar-refractivity contribution in [1.82, 2.24) is 19.6 Å². The standard InChI is InChI=1S/C19H13BrN4/c20-13-9-10-19-15(11-13)14-5-1-4-8-18(14)23(19)12-24-21-16-6-2-3-7-17(16)22-24/h1-11H,12H2. The molecule has 0 radical (unpaired) electrons. The monoisotopic (exact) mass is 376 g/mol. The highest BCUT2D eigenvalue weighted by molar-refractivity contribution is 9.10. The molecule has 0 saturated carbocycles. The molecule has 0 spiro atoms. The third-order valence-corrected chi connectivity index (χ3v) is 4.82. The SMILES string of the molecule is Brc1ccc2c(c1)c1ccccc1n2Cn1nc2ccccc2n1. The number of halogens is 1. The number of benzene rings is 3. The van der Waals surface area contributed by atoms with Gasteiger partial charge in [-0.25, -0.2) is 0 Å². The van der Waals surface area contributed by atoms with E-state index in [0.29, 0.717) is 6.67 Å². The lowest BCUT2D eigenvalue weighted by atomic mass is 10.2. The molecule has 4 nitrogen and oxygen atoms in total. The van der Waals surface area contributed by atoms with Gasteiger partial charge in [0.2, 0.25) is 0 Å². The second kappa shape index (κ2) is 5.18. The molecule has 2 heterocycles. The lowest BCUT2D eigenvalue weighted by molar-refractivity contribution is 0.511. The molecule has 2 aromatic heterocycles. The van der Waals surface area contributed by atoms with Gasteiger partial charge in [0, 0.05) is 15.2 Å². The summed E-state index contributed by atoms with van der Waals surface area (Å²) in [5.41, 5.74) is 4.20. The third kappa shape index (κ3) is 2.05. The number of aromatic nitrogens is 4. The van der Waals surface area contributed by atoms with Crippen molar-refractivity contribution in [2.24, 2.45) is 0 Å². The van der Waals surface area contributed by atoms with Crippen molar-refractivity contribution in [3.63, 3.8) is 0 Å². The number of nitrogens with zero attached hydrogens (tertiary/aromatic N) is 4. The topological polar surface area (TPSA) is 35.6 Å². The van der Waals surface area contributed by atoms with Gasteiger partial charge in [0.25, 0.3) is 0 Å². The van der Waals surface area contributed by atoms with Crippen molar-refractivity contribution in [1.29, 1.82) is 0 Å². The Kier molecular flexibility index (Phi) is 2.97. The highest BCUT2D eigenvalue weighted by Crippen LogP contribution is 2.31. The molecular formula is C19H13BrN4. The van der Waals surface area contributed by atoms with Crippen LogP contribution in [0.25, 0.3) is 32.8 Å². The normalized spacial score (nSPS) is 11.7. The fourth-order valence-electron chi connectivity index (χ4n) is 3.27. The minimum atomic E-state index is 0.584. The van der Waals surface area contributed by atoms with Crippen LogP contribution in [0.2, 0.25) is 0 Å². The first-order chi connectivity index (χ1) is 11.8. The Labute approximate surface area is 146 Å². The molecule has 0 aliphatic carbocycles. The van der Waals surface area contributed by atoms with Crippen LogP contribution in [0.15, 0.2) is 71.2 Å². The molecule has 3 aromatic carbocycles. The van der Waals surface area contributed by atoms with E-state index in [2.05, 4.69) is 73.2 Å². The number of hydrogen-bond acceptors (Lipinski definition) is 2. The van der Waals surface area contributed by atoms with E-state index in [1.807, 2.05) is 24.3 Å². The number of hydrogen-bond donors (Lipinski definition) is 0. The van der Waals surface area contributed by atoms with Crippen LogP contribution >= 0.6 is 15.9 Å². The van der Waals surface area contributed by atoms with E-state index in [4.69, 9.17) is 0 Å². The Hall–Kier alpha value is -2.66. The molecule has 0 amide bonds. The van der Waals surface area contributed by atoms with Gasteiger partial charge in [-0.05, 0) is 36.4 Å². The van der Waals surface area contributed by atoms with Crippen molar-refractivity contribution in [3.05, 3.63) is 71.2 Å². The molecule has 5 aromatic rings. The van der Waals surface area contributed by atoms with Gasteiger partial charge >= 0.3 is 0 Å². The van der Waals surface area contributed by atoms with E-state index < -0.39 is 0 Å². The first-order valence-electron chi connectivity index (χ1n) is 7.76. The maximum Gasteiger partial charge on any atom is 0.136 e. The summed E-state index contributed by atoms with van der Waals surface area (Å²) < 4.78 is 3.34. The van der Waals surface area contributed by atoms with Crippen LogP contribution in [0.3, 0.4) is 0 Å². The Morgan fingerprint density at radius 1 is 0.750 bits per heavy atom. The largest absolute Gasteiger partial charge is 0.318 e. The minimum Gasteiger partial charge on any atom is -0.318 e. The number of para-hydroxylation sites is 1. The van der Waals surface area contributed by atoms with E-state index in [1.165, 1.54) is 21.8 Å². The summed E-state index contributed by atoms with van der Waals surface area (Å²) in [4.78, 5) is 1.76. The second-order valence-corrected chi connectivity index (χ2v) is 6.72. The van der Waals surface area contributed by atoms with Crippen molar-refractivity contribution in [2.75, 3.05) is 0 Å². The Bertz CT molecular complexity index is 1170. The molecule has 0 atom stereocenters. The summed E-state index contributed by atoms with van der Waals surface area (Å²) in [5.74, 6) is 0. The lowest BCUT2D eigenvalue weighted by Crippen LogP contribution is -2.10. The van der Waals surface area contributed by atoms with Gasteiger partial charge in [-0.1, -0.05) is 46.3 Å². The smallest absolute Gasteiger partial charge is 0.136 e. The van der Waals surface area contributed by atoms with Crippen molar-refractivity contribution in [3.8, 4) is 0 Å². The fraction of sp³-hybridized carbons (Fsp3) is 0.0526. The fourth-order valence-corrected chi connectivity index (χ4v) is 3.63. The number of rotatable bonds is 2. The molecular weight excluding hydrogens is 364 g/mol. The molecule has 24 heavy (non-hydrogen) atoms. The van der Waals surface area contributed by atoms with Gasteiger partial charge in [0.15, 0.2) is 0 Å². The molecule has 0 bridgehead atoms. The van der Waals surface area contributed by atoms with E-state index >= 15 is 0 Å². The van der Waals surface area contributed by atoms with E-state index in [9.17, 15) is 0 Å². The second-order valence-electron chi connectivity index (χ2n) is 5.81. The minimum absolute atomic E-state index is 0.584.